The second-order valence-corrected chi connectivity index (χ2v) is 8.50. The second kappa shape index (κ2) is 12.8. The molecular weight excluding hydrogens is 392 g/mol. The van der Waals surface area contributed by atoms with Gasteiger partial charge >= 0.3 is 0 Å². The fraction of sp³-hybridized carbons (Fsp3) is 0.708. The summed E-state index contributed by atoms with van der Waals surface area (Å²) in [6, 6.07) is 7.10. The maximum absolute atomic E-state index is 8.96. The third kappa shape index (κ3) is 7.28. The summed E-state index contributed by atoms with van der Waals surface area (Å²) in [5.74, 6) is 2.17. The third-order valence-electron chi connectivity index (χ3n) is 6.30. The van der Waals surface area contributed by atoms with Crippen LogP contribution in [0.3, 0.4) is 0 Å². The molecule has 3 N–H and O–H groups in total. The number of ether oxygens (including phenoxy) is 2. The molecule has 1 aliphatic carbocycles. The van der Waals surface area contributed by atoms with Crippen LogP contribution in [-0.2, 0) is 6.54 Å². The van der Waals surface area contributed by atoms with Gasteiger partial charge < -0.3 is 30.1 Å². The Hall–Kier alpha value is -1.99. The molecule has 31 heavy (non-hydrogen) atoms. The summed E-state index contributed by atoms with van der Waals surface area (Å²) in [4.78, 5) is 7.51. The molecule has 7 heteroatoms. The Labute approximate surface area is 187 Å². The van der Waals surface area contributed by atoms with Crippen molar-refractivity contribution in [3.63, 3.8) is 0 Å². The summed E-state index contributed by atoms with van der Waals surface area (Å²) in [5, 5.41) is 16.0. The van der Waals surface area contributed by atoms with Crippen molar-refractivity contribution in [3.05, 3.63) is 23.8 Å². The van der Waals surface area contributed by atoms with Crippen molar-refractivity contribution in [1.82, 2.24) is 15.5 Å². The van der Waals surface area contributed by atoms with E-state index in [2.05, 4.69) is 22.5 Å². The Balaban J connectivity index is 1.53. The van der Waals surface area contributed by atoms with E-state index in [1.165, 1.54) is 58.0 Å². The van der Waals surface area contributed by atoms with Gasteiger partial charge in [-0.3, -0.25) is 0 Å². The first kappa shape index (κ1) is 23.7. The molecule has 2 aliphatic rings. The Morgan fingerprint density at radius 1 is 1.13 bits per heavy atom. The number of piperidine rings is 1. The van der Waals surface area contributed by atoms with Crippen LogP contribution < -0.4 is 20.1 Å². The second-order valence-electron chi connectivity index (χ2n) is 8.50. The number of hydrogen-bond donors (Lipinski definition) is 3. The van der Waals surface area contributed by atoms with Gasteiger partial charge in [0, 0.05) is 31.7 Å². The summed E-state index contributed by atoms with van der Waals surface area (Å²) in [7, 11) is 1.62. The van der Waals surface area contributed by atoms with Crippen molar-refractivity contribution in [2.24, 2.45) is 4.99 Å². The van der Waals surface area contributed by atoms with E-state index in [1.807, 2.05) is 18.2 Å². The van der Waals surface area contributed by atoms with Crippen LogP contribution >= 0.6 is 0 Å². The van der Waals surface area contributed by atoms with Crippen molar-refractivity contribution in [3.8, 4) is 11.5 Å². The van der Waals surface area contributed by atoms with E-state index < -0.39 is 0 Å². The highest BCUT2D eigenvalue weighted by molar-refractivity contribution is 5.80. The van der Waals surface area contributed by atoms with Gasteiger partial charge in [0.1, 0.15) is 6.61 Å². The predicted molar refractivity (Wildman–Crippen MR) is 125 cm³/mol. The predicted octanol–water partition coefficient (Wildman–Crippen LogP) is 2.92. The first-order valence-electron chi connectivity index (χ1n) is 11.9. The number of nitrogens with zero attached hydrogens (tertiary/aromatic N) is 2. The molecule has 7 nitrogen and oxygen atoms in total. The SMILES string of the molecule is CCNC(=NCc1ccc(OCCO)c(OC)c1)NC1CCN(C2CCCCC2)CC1. The molecule has 1 aliphatic heterocycles. The lowest BCUT2D eigenvalue weighted by molar-refractivity contribution is 0.119. The maximum Gasteiger partial charge on any atom is 0.191 e. The van der Waals surface area contributed by atoms with Gasteiger partial charge in [-0.05, 0) is 50.3 Å². The Bertz CT molecular complexity index is 683. The van der Waals surface area contributed by atoms with Crippen molar-refractivity contribution >= 4 is 5.96 Å². The highest BCUT2D eigenvalue weighted by atomic mass is 16.5. The normalized spacial score (nSPS) is 19.3. The van der Waals surface area contributed by atoms with E-state index in [9.17, 15) is 0 Å². The van der Waals surface area contributed by atoms with Gasteiger partial charge in [-0.2, -0.15) is 0 Å². The monoisotopic (exact) mass is 432 g/mol. The smallest absolute Gasteiger partial charge is 0.191 e. The van der Waals surface area contributed by atoms with Gasteiger partial charge in [-0.1, -0.05) is 25.3 Å². The molecule has 1 aromatic carbocycles. The van der Waals surface area contributed by atoms with E-state index in [0.29, 0.717) is 24.1 Å². The Morgan fingerprint density at radius 3 is 2.58 bits per heavy atom. The molecule has 2 fully saturated rings. The van der Waals surface area contributed by atoms with E-state index in [1.54, 1.807) is 7.11 Å². The zero-order valence-corrected chi connectivity index (χ0v) is 19.2. The van der Waals surface area contributed by atoms with Gasteiger partial charge in [0.2, 0.25) is 0 Å². The summed E-state index contributed by atoms with van der Waals surface area (Å²) in [5.41, 5.74) is 1.05. The summed E-state index contributed by atoms with van der Waals surface area (Å²) in [6.07, 6.45) is 9.34. The highest BCUT2D eigenvalue weighted by Crippen LogP contribution is 2.28. The van der Waals surface area contributed by atoms with Crippen LogP contribution in [0.25, 0.3) is 0 Å². The third-order valence-corrected chi connectivity index (χ3v) is 6.30. The largest absolute Gasteiger partial charge is 0.493 e. The number of hydrogen-bond acceptors (Lipinski definition) is 5. The number of aliphatic hydroxyl groups is 1. The molecule has 1 saturated carbocycles. The van der Waals surface area contributed by atoms with Crippen LogP contribution in [0.1, 0.15) is 57.4 Å². The van der Waals surface area contributed by atoms with Crippen LogP contribution in [-0.4, -0.2) is 68.0 Å². The zero-order valence-electron chi connectivity index (χ0n) is 19.2. The summed E-state index contributed by atoms with van der Waals surface area (Å²) >= 11 is 0. The quantitative estimate of drug-likeness (QED) is 0.411. The van der Waals surface area contributed by atoms with Crippen LogP contribution in [0.5, 0.6) is 11.5 Å². The van der Waals surface area contributed by atoms with Crippen molar-refractivity contribution in [2.75, 3.05) is 40.0 Å². The molecule has 0 unspecified atom stereocenters. The molecule has 3 rings (SSSR count). The standard InChI is InChI=1S/C24H40N4O3/c1-3-25-24(26-18-19-9-10-22(31-16-15-29)23(17-19)30-2)27-20-11-13-28(14-12-20)21-7-5-4-6-8-21/h9-10,17,20-21,29H,3-8,11-16,18H2,1-2H3,(H2,25,26,27). The molecule has 174 valence electrons. The number of rotatable bonds is 9. The summed E-state index contributed by atoms with van der Waals surface area (Å²) < 4.78 is 10.9. The fourth-order valence-corrected chi connectivity index (χ4v) is 4.62. The average molecular weight is 433 g/mol. The van der Waals surface area contributed by atoms with Gasteiger partial charge in [0.25, 0.3) is 0 Å². The Morgan fingerprint density at radius 2 is 1.90 bits per heavy atom. The number of guanidine groups is 1. The lowest BCUT2D eigenvalue weighted by atomic mass is 9.92. The Kier molecular flexibility index (Phi) is 9.75. The highest BCUT2D eigenvalue weighted by Gasteiger charge is 2.26. The molecule has 0 bridgehead atoms. The van der Waals surface area contributed by atoms with E-state index in [4.69, 9.17) is 19.6 Å². The molecule has 0 amide bonds. The van der Waals surface area contributed by atoms with Crippen molar-refractivity contribution in [1.29, 1.82) is 0 Å². The topological polar surface area (TPSA) is 78.4 Å². The van der Waals surface area contributed by atoms with Gasteiger partial charge in [-0.15, -0.1) is 0 Å². The van der Waals surface area contributed by atoms with E-state index in [0.717, 1.165) is 24.1 Å². The minimum absolute atomic E-state index is 0.0213. The van der Waals surface area contributed by atoms with Gasteiger partial charge in [0.05, 0.1) is 20.3 Å². The van der Waals surface area contributed by atoms with E-state index in [-0.39, 0.29) is 13.2 Å². The lowest BCUT2D eigenvalue weighted by Crippen LogP contribution is -2.50. The van der Waals surface area contributed by atoms with Crippen molar-refractivity contribution < 1.29 is 14.6 Å². The molecule has 0 radical (unpaired) electrons. The van der Waals surface area contributed by atoms with Gasteiger partial charge in [-0.25, -0.2) is 4.99 Å². The van der Waals surface area contributed by atoms with E-state index >= 15 is 0 Å². The number of aliphatic hydroxyl groups excluding tert-OH is 1. The van der Waals surface area contributed by atoms with Crippen LogP contribution in [0, 0.1) is 0 Å². The molecular formula is C24H40N4O3. The number of benzene rings is 1. The van der Waals surface area contributed by atoms with Crippen LogP contribution in [0.4, 0.5) is 0 Å². The van der Waals surface area contributed by atoms with Crippen LogP contribution in [0.2, 0.25) is 0 Å². The molecule has 1 aromatic rings. The molecule has 1 heterocycles. The number of likely N-dealkylation sites (tertiary alicyclic amines) is 1. The fourth-order valence-electron chi connectivity index (χ4n) is 4.62. The molecule has 0 aromatic heterocycles. The lowest BCUT2D eigenvalue weighted by Gasteiger charge is -2.39. The number of nitrogens with one attached hydrogen (secondary N) is 2. The minimum atomic E-state index is -0.0213. The minimum Gasteiger partial charge on any atom is -0.493 e. The molecule has 0 atom stereocenters. The first-order valence-corrected chi connectivity index (χ1v) is 11.9. The van der Waals surface area contributed by atoms with Gasteiger partial charge in [0.15, 0.2) is 17.5 Å². The molecule has 1 saturated heterocycles. The maximum atomic E-state index is 8.96. The number of aliphatic imine (C=N–C) groups is 1. The zero-order chi connectivity index (χ0) is 21.9. The average Bonchev–Trinajstić information content (AvgIpc) is 2.82. The van der Waals surface area contributed by atoms with Crippen LogP contribution in [0.15, 0.2) is 23.2 Å². The van der Waals surface area contributed by atoms with Crippen molar-refractivity contribution in [2.45, 2.75) is 70.5 Å². The summed E-state index contributed by atoms with van der Waals surface area (Å²) in [6.45, 7) is 6.10. The number of methoxy groups -OCH3 is 1. The molecule has 0 spiro atoms. The first-order chi connectivity index (χ1) is 15.2.